The summed E-state index contributed by atoms with van der Waals surface area (Å²) < 4.78 is 73.1. The molecule has 0 bridgehead atoms. The van der Waals surface area contributed by atoms with Crippen LogP contribution in [0.4, 0.5) is 10.1 Å². The Hall–Kier alpha value is -2.74. The van der Waals surface area contributed by atoms with Gasteiger partial charge >= 0.3 is 0 Å². The van der Waals surface area contributed by atoms with Gasteiger partial charge in [-0.05, 0) is 43.3 Å². The van der Waals surface area contributed by atoms with Gasteiger partial charge in [-0.25, -0.2) is 21.2 Å². The van der Waals surface area contributed by atoms with Crippen LogP contribution in [-0.4, -0.2) is 82.2 Å². The van der Waals surface area contributed by atoms with Gasteiger partial charge in [-0.15, -0.1) is 0 Å². The van der Waals surface area contributed by atoms with Gasteiger partial charge < -0.3 is 14.7 Å². The second-order valence-electron chi connectivity index (χ2n) is 8.92. The van der Waals surface area contributed by atoms with Crippen LogP contribution in [0.2, 0.25) is 0 Å². The molecule has 2 aromatic carbocycles. The predicted molar refractivity (Wildman–Crippen MR) is 132 cm³/mol. The fourth-order valence-corrected chi connectivity index (χ4v) is 5.62. The number of aliphatic hydroxyl groups is 1. The van der Waals surface area contributed by atoms with Crippen LogP contribution in [-0.2, 0) is 20.0 Å². The Bertz CT molecular complexity index is 1320. The first kappa shape index (κ1) is 27.8. The molecule has 2 N–H and O–H groups in total. The second kappa shape index (κ2) is 10.7. The molecule has 0 aliphatic carbocycles. The summed E-state index contributed by atoms with van der Waals surface area (Å²) in [5.74, 6) is -1.49. The van der Waals surface area contributed by atoms with Crippen LogP contribution in [0, 0.1) is 11.7 Å². The molecular formula is C23H30FN3O7S2. The van der Waals surface area contributed by atoms with Gasteiger partial charge in [0.05, 0.1) is 41.6 Å². The first-order valence-electron chi connectivity index (χ1n) is 11.2. The molecule has 3 atom stereocenters. The SMILES string of the molecule is C[C@@H]1CN([C@@H](C)CO)C(=O)c2cccc(NS(C)(=O)=O)c2O[C@H]1CN(C)S(=O)(=O)c1ccc(F)cc1. The van der Waals surface area contributed by atoms with Crippen molar-refractivity contribution in [1.29, 1.82) is 0 Å². The predicted octanol–water partition coefficient (Wildman–Crippen LogP) is 1.74. The Labute approximate surface area is 210 Å². The molecule has 0 unspecified atom stereocenters. The fraction of sp³-hybridized carbons (Fsp3) is 0.435. The Morgan fingerprint density at radius 3 is 2.42 bits per heavy atom. The number of nitrogens with one attached hydrogen (secondary N) is 1. The summed E-state index contributed by atoms with van der Waals surface area (Å²) in [5, 5.41) is 9.74. The molecule has 0 spiro atoms. The summed E-state index contributed by atoms with van der Waals surface area (Å²) in [7, 11) is -6.38. The van der Waals surface area contributed by atoms with Crippen LogP contribution in [0.15, 0.2) is 47.4 Å². The highest BCUT2D eigenvalue weighted by Crippen LogP contribution is 2.35. The van der Waals surface area contributed by atoms with Crippen molar-refractivity contribution in [2.45, 2.75) is 30.9 Å². The molecule has 0 fully saturated rings. The van der Waals surface area contributed by atoms with E-state index in [1.165, 1.54) is 30.1 Å². The lowest BCUT2D eigenvalue weighted by Gasteiger charge is -2.38. The molecule has 36 heavy (non-hydrogen) atoms. The van der Waals surface area contributed by atoms with Crippen molar-refractivity contribution >= 4 is 31.6 Å². The third kappa shape index (κ3) is 6.14. The topological polar surface area (TPSA) is 133 Å². The van der Waals surface area contributed by atoms with E-state index in [1.54, 1.807) is 13.8 Å². The van der Waals surface area contributed by atoms with Crippen molar-refractivity contribution in [2.24, 2.45) is 5.92 Å². The zero-order chi connectivity index (χ0) is 26.8. The average Bonchev–Trinajstić information content (AvgIpc) is 2.80. The minimum absolute atomic E-state index is 0.0306. The van der Waals surface area contributed by atoms with Crippen LogP contribution in [0.5, 0.6) is 5.75 Å². The van der Waals surface area contributed by atoms with Crippen LogP contribution in [0.3, 0.4) is 0 Å². The van der Waals surface area contributed by atoms with Crippen molar-refractivity contribution < 1.29 is 35.9 Å². The number of likely N-dealkylation sites (N-methyl/N-ethyl adjacent to an activating group) is 1. The van der Waals surface area contributed by atoms with Gasteiger partial charge in [-0.1, -0.05) is 13.0 Å². The molecule has 0 saturated carbocycles. The quantitative estimate of drug-likeness (QED) is 0.518. The molecule has 2 aromatic rings. The van der Waals surface area contributed by atoms with Crippen molar-refractivity contribution in [3.05, 3.63) is 53.8 Å². The molecule has 0 radical (unpaired) electrons. The highest BCUT2D eigenvalue weighted by molar-refractivity contribution is 7.92. The molecule has 1 aliphatic heterocycles. The standard InChI is InChI=1S/C23H30FN3O7S2/c1-15-12-27(16(2)14-28)23(29)19-6-5-7-20(25-35(4,30)31)22(19)34-21(15)13-26(3)36(32,33)18-10-8-17(24)9-11-18/h5-11,15-16,21,25,28H,12-14H2,1-4H3/t15-,16+,21+/m1/s1. The monoisotopic (exact) mass is 543 g/mol. The molecule has 1 heterocycles. The number of halogens is 1. The lowest BCUT2D eigenvalue weighted by molar-refractivity contribution is 0.0389. The summed E-state index contributed by atoms with van der Waals surface area (Å²) in [6.45, 7) is 3.14. The van der Waals surface area contributed by atoms with E-state index in [1.807, 2.05) is 0 Å². The molecule has 0 saturated heterocycles. The maximum absolute atomic E-state index is 13.4. The number of ether oxygens (including phenoxy) is 1. The van der Waals surface area contributed by atoms with Crippen LogP contribution in [0.25, 0.3) is 0 Å². The number of fused-ring (bicyclic) bond motifs is 1. The Morgan fingerprint density at radius 2 is 1.83 bits per heavy atom. The van der Waals surface area contributed by atoms with E-state index >= 15 is 0 Å². The fourth-order valence-electron chi connectivity index (χ4n) is 3.88. The van der Waals surface area contributed by atoms with E-state index in [0.717, 1.165) is 34.8 Å². The third-order valence-electron chi connectivity index (χ3n) is 5.95. The number of hydrogen-bond acceptors (Lipinski definition) is 7. The zero-order valence-corrected chi connectivity index (χ0v) is 22.0. The Morgan fingerprint density at radius 1 is 1.19 bits per heavy atom. The van der Waals surface area contributed by atoms with Gasteiger partial charge in [0.2, 0.25) is 20.0 Å². The molecule has 3 rings (SSSR count). The van der Waals surface area contributed by atoms with Gasteiger partial charge in [0.15, 0.2) is 5.75 Å². The average molecular weight is 544 g/mol. The number of benzene rings is 2. The summed E-state index contributed by atoms with van der Waals surface area (Å²) in [6.07, 6.45) is 0.147. The van der Waals surface area contributed by atoms with E-state index in [9.17, 15) is 31.1 Å². The maximum atomic E-state index is 13.4. The Balaban J connectivity index is 2.05. The minimum Gasteiger partial charge on any atom is -0.486 e. The van der Waals surface area contributed by atoms with Crippen molar-refractivity contribution in [1.82, 2.24) is 9.21 Å². The van der Waals surface area contributed by atoms with E-state index in [2.05, 4.69) is 4.72 Å². The van der Waals surface area contributed by atoms with E-state index in [0.29, 0.717) is 0 Å². The lowest BCUT2D eigenvalue weighted by atomic mass is 9.99. The largest absolute Gasteiger partial charge is 0.486 e. The molecule has 198 valence electrons. The first-order valence-corrected chi connectivity index (χ1v) is 14.5. The number of para-hydroxylation sites is 1. The Kier molecular flexibility index (Phi) is 8.28. The highest BCUT2D eigenvalue weighted by atomic mass is 32.2. The summed E-state index contributed by atoms with van der Waals surface area (Å²) >= 11 is 0. The van der Waals surface area contributed by atoms with Crippen molar-refractivity contribution in [3.63, 3.8) is 0 Å². The zero-order valence-electron chi connectivity index (χ0n) is 20.4. The summed E-state index contributed by atoms with van der Waals surface area (Å²) in [5.41, 5.74) is 0.105. The maximum Gasteiger partial charge on any atom is 0.258 e. The highest BCUT2D eigenvalue weighted by Gasteiger charge is 2.36. The summed E-state index contributed by atoms with van der Waals surface area (Å²) in [6, 6.07) is 8.29. The number of amides is 1. The van der Waals surface area contributed by atoms with Crippen molar-refractivity contribution in [3.8, 4) is 5.75 Å². The third-order valence-corrected chi connectivity index (χ3v) is 8.37. The number of sulfonamides is 2. The second-order valence-corrected chi connectivity index (χ2v) is 12.7. The van der Waals surface area contributed by atoms with E-state index < -0.39 is 49.8 Å². The molecular weight excluding hydrogens is 513 g/mol. The van der Waals surface area contributed by atoms with Gasteiger partial charge in [-0.3, -0.25) is 9.52 Å². The van der Waals surface area contributed by atoms with Gasteiger partial charge in [0.25, 0.3) is 5.91 Å². The molecule has 1 amide bonds. The number of rotatable bonds is 8. The number of anilines is 1. The minimum atomic E-state index is -4.01. The molecule has 1 aliphatic rings. The van der Waals surface area contributed by atoms with Gasteiger partial charge in [0.1, 0.15) is 11.9 Å². The number of hydrogen-bond donors (Lipinski definition) is 2. The number of carbonyl (C=O) groups is 1. The molecule has 13 heteroatoms. The number of aliphatic hydroxyl groups excluding tert-OH is 1. The number of nitrogens with zero attached hydrogens (tertiary/aromatic N) is 2. The molecule has 0 aromatic heterocycles. The van der Waals surface area contributed by atoms with Gasteiger partial charge in [0, 0.05) is 19.5 Å². The summed E-state index contributed by atoms with van der Waals surface area (Å²) in [4.78, 5) is 14.7. The van der Waals surface area contributed by atoms with Crippen molar-refractivity contribution in [2.75, 3.05) is 37.7 Å². The van der Waals surface area contributed by atoms with Crippen LogP contribution < -0.4 is 9.46 Å². The smallest absolute Gasteiger partial charge is 0.258 e. The van der Waals surface area contributed by atoms with E-state index in [-0.39, 0.29) is 41.6 Å². The van der Waals surface area contributed by atoms with Crippen LogP contribution in [0.1, 0.15) is 24.2 Å². The lowest BCUT2D eigenvalue weighted by Crippen LogP contribution is -2.50. The van der Waals surface area contributed by atoms with E-state index in [4.69, 9.17) is 4.74 Å². The molecule has 10 nitrogen and oxygen atoms in total. The normalized spacial score (nSPS) is 19.8. The first-order chi connectivity index (χ1) is 16.7. The van der Waals surface area contributed by atoms with Gasteiger partial charge in [-0.2, -0.15) is 4.31 Å². The van der Waals surface area contributed by atoms with Crippen LogP contribution >= 0.6 is 0 Å². The number of carbonyl (C=O) groups excluding carboxylic acids is 1.